The van der Waals surface area contributed by atoms with Gasteiger partial charge < -0.3 is 37.2 Å². The van der Waals surface area contributed by atoms with E-state index in [-0.39, 0.29) is 58.9 Å². The largest absolute Gasteiger partial charge is 4.00 e. The second-order valence-corrected chi connectivity index (χ2v) is 14.5. The fraction of sp³-hybridized carbons (Fsp3) is 0.146. The maximum atomic E-state index is 2.47. The maximum absolute atomic E-state index is 2.47. The summed E-state index contributed by atoms with van der Waals surface area (Å²) >= 11 is 0. The third-order valence-electron chi connectivity index (χ3n) is 8.91. The Bertz CT molecular complexity index is 1670. The van der Waals surface area contributed by atoms with E-state index in [2.05, 4.69) is 160 Å². The van der Waals surface area contributed by atoms with Crippen molar-refractivity contribution in [1.29, 1.82) is 0 Å². The molecule has 6 aromatic rings. The Balaban J connectivity index is 0.00000184. The number of halogens is 3. The summed E-state index contributed by atoms with van der Waals surface area (Å²) in [6, 6.07) is 52.7. The molecule has 232 valence electrons. The summed E-state index contributed by atoms with van der Waals surface area (Å²) in [7, 11) is -1.50. The van der Waals surface area contributed by atoms with Crippen LogP contribution in [0.4, 0.5) is 0 Å². The van der Waals surface area contributed by atoms with Crippen LogP contribution in [0.25, 0.3) is 11.1 Å². The molecule has 0 heterocycles. The summed E-state index contributed by atoms with van der Waals surface area (Å²) < 4.78 is 0. The quantitative estimate of drug-likeness (QED) is 0.138. The molecule has 0 saturated carbocycles. The molecular formula is C41H39Cl3SiTi. The topological polar surface area (TPSA) is 0 Å². The monoisotopic (exact) mass is 712 g/mol. The Kier molecular flexibility index (Phi) is 15.9. The van der Waals surface area contributed by atoms with Crippen molar-refractivity contribution < 1.29 is 58.9 Å². The van der Waals surface area contributed by atoms with E-state index in [4.69, 9.17) is 0 Å². The first kappa shape index (κ1) is 39.4. The predicted molar refractivity (Wildman–Crippen MR) is 183 cm³/mol. The van der Waals surface area contributed by atoms with E-state index < -0.39 is 8.80 Å². The first-order valence-corrected chi connectivity index (χ1v) is 17.1. The van der Waals surface area contributed by atoms with Crippen LogP contribution in [0.3, 0.4) is 0 Å². The van der Waals surface area contributed by atoms with Crippen LogP contribution in [-0.4, -0.2) is 8.80 Å². The van der Waals surface area contributed by atoms with Crippen molar-refractivity contribution in [3.63, 3.8) is 0 Å². The van der Waals surface area contributed by atoms with Crippen molar-refractivity contribution in [3.8, 4) is 11.1 Å². The molecule has 0 atom stereocenters. The summed E-state index contributed by atoms with van der Waals surface area (Å²) in [6.07, 6.45) is 1.88. The van der Waals surface area contributed by atoms with Gasteiger partial charge in [0, 0.05) is 0 Å². The number of hydrogen-bond acceptors (Lipinski definition) is 0. The van der Waals surface area contributed by atoms with E-state index in [1.807, 2.05) is 0 Å². The molecule has 0 bridgehead atoms. The number of rotatable bonds is 9. The zero-order valence-electron chi connectivity index (χ0n) is 26.6. The molecule has 46 heavy (non-hydrogen) atoms. The molecule has 0 radical (unpaired) electrons. The Labute approximate surface area is 310 Å². The molecule has 5 heteroatoms. The molecule has 0 unspecified atom stereocenters. The van der Waals surface area contributed by atoms with E-state index in [0.717, 1.165) is 18.9 Å². The van der Waals surface area contributed by atoms with Crippen molar-refractivity contribution in [3.05, 3.63) is 184 Å². The second-order valence-electron chi connectivity index (χ2n) is 11.7. The molecule has 6 rings (SSSR count). The predicted octanol–water partition coefficient (Wildman–Crippen LogP) is -0.688. The summed E-state index contributed by atoms with van der Waals surface area (Å²) in [4.78, 5) is 0. The van der Waals surface area contributed by atoms with Crippen LogP contribution in [0.15, 0.2) is 140 Å². The average Bonchev–Trinajstić information content (AvgIpc) is 3.24. The average molecular weight is 714 g/mol. The standard InChI is InChI=1S/C41H39Si.3ClH.Ti/c1-30-31(2)40(29-42(38-20-12-6-13-21-38)39-22-14-7-15-23-39)41(32(30)3)37-27-35(24-33-16-8-4-9-17-33)26-36(28-37)25-34-18-10-5-11-19-34;;;;/h4-23,26-28,42H,24-25,29H2,1-3H3;3*1H;/q-1;;;;+4/p-3. The molecule has 0 spiro atoms. The molecule has 0 fully saturated rings. The third kappa shape index (κ3) is 9.20. The first-order valence-electron chi connectivity index (χ1n) is 15.1. The Morgan fingerprint density at radius 3 is 1.28 bits per heavy atom. The summed E-state index contributed by atoms with van der Waals surface area (Å²) in [6.45, 7) is 7.00. The van der Waals surface area contributed by atoms with E-state index in [1.54, 1.807) is 0 Å². The van der Waals surface area contributed by atoms with Gasteiger partial charge in [0.15, 0.2) is 0 Å². The van der Waals surface area contributed by atoms with E-state index in [0.29, 0.717) is 0 Å². The van der Waals surface area contributed by atoms with Crippen molar-refractivity contribution in [2.75, 3.05) is 0 Å². The van der Waals surface area contributed by atoms with E-state index in [1.165, 1.54) is 66.0 Å². The van der Waals surface area contributed by atoms with Crippen LogP contribution in [0.2, 0.25) is 0 Å². The molecular weight excluding hydrogens is 675 g/mol. The first-order chi connectivity index (χ1) is 20.6. The summed E-state index contributed by atoms with van der Waals surface area (Å²) in [5.74, 6) is 0. The van der Waals surface area contributed by atoms with Gasteiger partial charge in [-0.05, 0) is 24.0 Å². The molecule has 6 aromatic carbocycles. The SMILES string of the molecule is Cc1c(C)c(-c2cc(Cc3ccccc3)cc(Cc3ccccc3)c2)[c-](C[SiH](c2ccccc2)c2ccccc2)c1C.[Cl-].[Cl-].[Cl-].[Ti+4]. The minimum Gasteiger partial charge on any atom is -1.00 e. The van der Waals surface area contributed by atoms with Gasteiger partial charge in [-0.25, -0.2) is 0 Å². The molecule has 0 aliphatic rings. The Morgan fingerprint density at radius 2 is 0.870 bits per heavy atom. The normalized spacial score (nSPS) is 10.3. The molecule has 0 N–H and O–H groups in total. The van der Waals surface area contributed by atoms with Gasteiger partial charge in [0.1, 0.15) is 0 Å². The van der Waals surface area contributed by atoms with Gasteiger partial charge in [0.05, 0.1) is 8.80 Å². The fourth-order valence-corrected chi connectivity index (χ4v) is 9.68. The minimum absolute atomic E-state index is 0. The van der Waals surface area contributed by atoms with Crippen LogP contribution < -0.4 is 47.6 Å². The van der Waals surface area contributed by atoms with E-state index >= 15 is 0 Å². The summed E-state index contributed by atoms with van der Waals surface area (Å²) in [5.41, 5.74) is 14.2. The maximum Gasteiger partial charge on any atom is 4.00 e. The Morgan fingerprint density at radius 1 is 0.478 bits per heavy atom. The smallest absolute Gasteiger partial charge is 1.00 e. The van der Waals surface area contributed by atoms with Crippen molar-refractivity contribution >= 4 is 19.2 Å². The molecule has 0 saturated heterocycles. The second kappa shape index (κ2) is 18.6. The molecule has 0 nitrogen and oxygen atoms in total. The molecule has 0 aliphatic heterocycles. The Hall–Kier alpha value is -2.75. The van der Waals surface area contributed by atoms with Gasteiger partial charge in [-0.2, -0.15) is 11.1 Å². The van der Waals surface area contributed by atoms with Gasteiger partial charge in [0.2, 0.25) is 0 Å². The fourth-order valence-electron chi connectivity index (χ4n) is 6.53. The van der Waals surface area contributed by atoms with Crippen LogP contribution in [0.1, 0.15) is 44.5 Å². The molecule has 0 aliphatic carbocycles. The van der Waals surface area contributed by atoms with Gasteiger partial charge in [-0.1, -0.05) is 193 Å². The van der Waals surface area contributed by atoms with Crippen LogP contribution in [-0.2, 0) is 40.6 Å². The van der Waals surface area contributed by atoms with Crippen molar-refractivity contribution in [2.45, 2.75) is 39.7 Å². The van der Waals surface area contributed by atoms with Gasteiger partial charge in [-0.3, -0.25) is 0 Å². The third-order valence-corrected chi connectivity index (χ3v) is 12.1. The van der Waals surface area contributed by atoms with Crippen LogP contribution >= 0.6 is 0 Å². The minimum atomic E-state index is -1.50. The number of hydrogen-bond donors (Lipinski definition) is 0. The number of benzene rings is 5. The van der Waals surface area contributed by atoms with Gasteiger partial charge >= 0.3 is 21.7 Å². The zero-order chi connectivity index (χ0) is 28.9. The van der Waals surface area contributed by atoms with Crippen molar-refractivity contribution in [2.24, 2.45) is 0 Å². The van der Waals surface area contributed by atoms with Gasteiger partial charge in [-0.15, -0.1) is 16.7 Å². The van der Waals surface area contributed by atoms with Crippen LogP contribution in [0, 0.1) is 20.8 Å². The van der Waals surface area contributed by atoms with E-state index in [9.17, 15) is 0 Å². The van der Waals surface area contributed by atoms with Crippen LogP contribution in [0.5, 0.6) is 0 Å². The molecule has 0 amide bonds. The molecule has 0 aromatic heterocycles. The zero-order valence-corrected chi connectivity index (χ0v) is 31.6. The van der Waals surface area contributed by atoms with Gasteiger partial charge in [0.25, 0.3) is 0 Å². The van der Waals surface area contributed by atoms with Crippen molar-refractivity contribution in [1.82, 2.24) is 0 Å². The summed E-state index contributed by atoms with van der Waals surface area (Å²) in [5, 5.41) is 3.02.